The van der Waals surface area contributed by atoms with E-state index in [0.717, 1.165) is 21.2 Å². The van der Waals surface area contributed by atoms with Crippen LogP contribution in [0.1, 0.15) is 15.9 Å². The van der Waals surface area contributed by atoms with Gasteiger partial charge in [0.1, 0.15) is 5.75 Å². The average molecular weight is 347 g/mol. The van der Waals surface area contributed by atoms with E-state index in [2.05, 4.69) is 22.5 Å². The van der Waals surface area contributed by atoms with Crippen molar-refractivity contribution in [3.8, 4) is 16.9 Å². The Hall–Kier alpha value is -2.07. The van der Waals surface area contributed by atoms with E-state index in [-0.39, 0.29) is 5.97 Å². The molecule has 0 saturated heterocycles. The van der Waals surface area contributed by atoms with Crippen molar-refractivity contribution >= 4 is 21.9 Å². The molecule has 2 rings (SSSR count). The number of rotatable bonds is 4. The zero-order valence-electron chi connectivity index (χ0n) is 11.9. The number of ether oxygens (including phenoxy) is 2. The number of halogens is 1. The molecule has 0 amide bonds. The van der Waals surface area contributed by atoms with Gasteiger partial charge < -0.3 is 9.47 Å². The second kappa shape index (κ2) is 6.59. The summed E-state index contributed by atoms with van der Waals surface area (Å²) in [5.74, 6) is 0.291. The molecule has 4 heteroatoms. The van der Waals surface area contributed by atoms with Crippen molar-refractivity contribution < 1.29 is 14.3 Å². The van der Waals surface area contributed by atoms with E-state index in [1.54, 1.807) is 12.1 Å². The van der Waals surface area contributed by atoms with Crippen molar-refractivity contribution in [3.63, 3.8) is 0 Å². The average Bonchev–Trinajstić information content (AvgIpc) is 2.48. The highest BCUT2D eigenvalue weighted by Gasteiger charge is 2.17. The van der Waals surface area contributed by atoms with Gasteiger partial charge in [-0.05, 0) is 30.7 Å². The zero-order valence-corrected chi connectivity index (χ0v) is 13.4. The summed E-state index contributed by atoms with van der Waals surface area (Å²) < 4.78 is 11.3. The van der Waals surface area contributed by atoms with Crippen LogP contribution in [0.15, 0.2) is 53.7 Å². The molecule has 0 N–H and O–H groups in total. The fourth-order valence-electron chi connectivity index (χ4n) is 2.13. The number of benzene rings is 2. The summed E-state index contributed by atoms with van der Waals surface area (Å²) in [6.45, 7) is 5.54. The summed E-state index contributed by atoms with van der Waals surface area (Å²) in [5.41, 5.74) is 3.01. The minimum absolute atomic E-state index is 0.386. The number of methoxy groups -OCH3 is 1. The maximum Gasteiger partial charge on any atom is 0.338 e. The first-order valence-corrected chi connectivity index (χ1v) is 7.13. The molecule has 3 nitrogen and oxygen atoms in total. The fourth-order valence-corrected chi connectivity index (χ4v) is 2.49. The van der Waals surface area contributed by atoms with Gasteiger partial charge in [0.05, 0.1) is 18.9 Å². The number of carbonyl (C=O) groups excluding carboxylic acids is 1. The maximum atomic E-state index is 12.0. The van der Waals surface area contributed by atoms with Crippen molar-refractivity contribution in [1.82, 2.24) is 0 Å². The van der Waals surface area contributed by atoms with E-state index < -0.39 is 0 Å². The number of hydrogen-bond acceptors (Lipinski definition) is 3. The highest BCUT2D eigenvalue weighted by molar-refractivity contribution is 9.10. The number of para-hydroxylation sites is 1. The van der Waals surface area contributed by atoms with Crippen LogP contribution in [0, 0.1) is 6.92 Å². The molecule has 0 unspecified atom stereocenters. The molecule has 0 aliphatic heterocycles. The molecule has 0 saturated carbocycles. The molecule has 2 aromatic carbocycles. The lowest BCUT2D eigenvalue weighted by Crippen LogP contribution is -2.04. The molecule has 0 spiro atoms. The third-order valence-electron chi connectivity index (χ3n) is 3.09. The van der Waals surface area contributed by atoms with E-state index in [4.69, 9.17) is 9.47 Å². The molecule has 0 aliphatic rings. The van der Waals surface area contributed by atoms with Crippen LogP contribution in [0.25, 0.3) is 11.1 Å². The lowest BCUT2D eigenvalue weighted by Gasteiger charge is -2.14. The minimum atomic E-state index is -0.386. The SMILES string of the molecule is C=COc1c(C)cccc1-c1cc(Br)ccc1C(=O)OC. The van der Waals surface area contributed by atoms with Gasteiger partial charge in [-0.2, -0.15) is 0 Å². The fraction of sp³-hybridized carbons (Fsp3) is 0.118. The number of aryl methyl sites for hydroxylation is 1. The van der Waals surface area contributed by atoms with Crippen molar-refractivity contribution in [1.29, 1.82) is 0 Å². The number of esters is 1. The van der Waals surface area contributed by atoms with E-state index in [0.29, 0.717) is 11.3 Å². The molecule has 0 fully saturated rings. The van der Waals surface area contributed by atoms with Crippen LogP contribution >= 0.6 is 15.9 Å². The van der Waals surface area contributed by atoms with Gasteiger partial charge in [0.25, 0.3) is 0 Å². The summed E-state index contributed by atoms with van der Waals surface area (Å²) in [7, 11) is 1.37. The number of carbonyl (C=O) groups is 1. The first-order valence-electron chi connectivity index (χ1n) is 6.34. The van der Waals surface area contributed by atoms with Gasteiger partial charge in [-0.3, -0.25) is 0 Å². The van der Waals surface area contributed by atoms with Crippen LogP contribution in [-0.4, -0.2) is 13.1 Å². The number of hydrogen-bond donors (Lipinski definition) is 0. The largest absolute Gasteiger partial charge is 0.465 e. The lowest BCUT2D eigenvalue weighted by molar-refractivity contribution is 0.0601. The summed E-state index contributed by atoms with van der Waals surface area (Å²) >= 11 is 3.43. The Kier molecular flexibility index (Phi) is 4.81. The van der Waals surface area contributed by atoms with Gasteiger partial charge in [-0.25, -0.2) is 4.79 Å². The predicted molar refractivity (Wildman–Crippen MR) is 86.5 cm³/mol. The van der Waals surface area contributed by atoms with Crippen LogP contribution in [0.3, 0.4) is 0 Å². The smallest absolute Gasteiger partial charge is 0.338 e. The minimum Gasteiger partial charge on any atom is -0.465 e. The summed E-state index contributed by atoms with van der Waals surface area (Å²) in [6, 6.07) is 11.2. The van der Waals surface area contributed by atoms with Gasteiger partial charge in [0, 0.05) is 15.6 Å². The molecule has 21 heavy (non-hydrogen) atoms. The van der Waals surface area contributed by atoms with Crippen molar-refractivity contribution in [2.45, 2.75) is 6.92 Å². The molecular formula is C17H15BrO3. The van der Waals surface area contributed by atoms with Crippen LogP contribution in [-0.2, 0) is 4.74 Å². The Morgan fingerprint density at radius 3 is 2.67 bits per heavy atom. The molecule has 0 aliphatic carbocycles. The Bertz CT molecular complexity index is 692. The van der Waals surface area contributed by atoms with Crippen LogP contribution < -0.4 is 4.74 Å². The van der Waals surface area contributed by atoms with Crippen molar-refractivity contribution in [2.75, 3.05) is 7.11 Å². The topological polar surface area (TPSA) is 35.5 Å². The molecule has 108 valence electrons. The molecule has 0 radical (unpaired) electrons. The Morgan fingerprint density at radius 2 is 2.00 bits per heavy atom. The predicted octanol–water partition coefficient (Wildman–Crippen LogP) is 4.73. The van der Waals surface area contributed by atoms with Crippen LogP contribution in [0.2, 0.25) is 0 Å². The van der Waals surface area contributed by atoms with Crippen LogP contribution in [0.4, 0.5) is 0 Å². The molecule has 0 heterocycles. The summed E-state index contributed by atoms with van der Waals surface area (Å²) in [4.78, 5) is 12.0. The van der Waals surface area contributed by atoms with E-state index in [1.807, 2.05) is 31.2 Å². The van der Waals surface area contributed by atoms with E-state index in [1.165, 1.54) is 13.4 Å². The second-order valence-electron chi connectivity index (χ2n) is 4.42. The zero-order chi connectivity index (χ0) is 15.4. The standard InChI is InChI=1S/C17H15BrO3/c1-4-21-16-11(2)6-5-7-13(16)15-10-12(18)8-9-14(15)17(19)20-3/h4-10H,1H2,2-3H3. The van der Waals surface area contributed by atoms with Crippen molar-refractivity contribution in [2.24, 2.45) is 0 Å². The van der Waals surface area contributed by atoms with Gasteiger partial charge in [0.15, 0.2) is 0 Å². The molecule has 0 bridgehead atoms. The van der Waals surface area contributed by atoms with Crippen LogP contribution in [0.5, 0.6) is 5.75 Å². The first kappa shape index (κ1) is 15.3. The van der Waals surface area contributed by atoms with Crippen molar-refractivity contribution in [3.05, 3.63) is 64.8 Å². The Labute approximate surface area is 132 Å². The quantitative estimate of drug-likeness (QED) is 0.592. The van der Waals surface area contributed by atoms with Gasteiger partial charge in [-0.1, -0.05) is 40.7 Å². The molecule has 2 aromatic rings. The van der Waals surface area contributed by atoms with E-state index >= 15 is 0 Å². The summed E-state index contributed by atoms with van der Waals surface area (Å²) in [6.07, 6.45) is 1.38. The highest BCUT2D eigenvalue weighted by atomic mass is 79.9. The van der Waals surface area contributed by atoms with Gasteiger partial charge >= 0.3 is 5.97 Å². The second-order valence-corrected chi connectivity index (χ2v) is 5.33. The highest BCUT2D eigenvalue weighted by Crippen LogP contribution is 2.36. The Balaban J connectivity index is 2.71. The third-order valence-corrected chi connectivity index (χ3v) is 3.58. The van der Waals surface area contributed by atoms with Gasteiger partial charge in [-0.15, -0.1) is 0 Å². The monoisotopic (exact) mass is 346 g/mol. The lowest BCUT2D eigenvalue weighted by atomic mass is 9.97. The van der Waals surface area contributed by atoms with Gasteiger partial charge in [0.2, 0.25) is 0 Å². The maximum absolute atomic E-state index is 12.0. The molecular weight excluding hydrogens is 332 g/mol. The first-order chi connectivity index (χ1) is 10.1. The molecule has 0 atom stereocenters. The Morgan fingerprint density at radius 1 is 1.24 bits per heavy atom. The van der Waals surface area contributed by atoms with E-state index in [9.17, 15) is 4.79 Å². The third kappa shape index (κ3) is 3.16. The normalized spacial score (nSPS) is 10.0. The summed E-state index contributed by atoms with van der Waals surface area (Å²) in [5, 5.41) is 0. The molecule has 0 aromatic heterocycles.